The van der Waals surface area contributed by atoms with E-state index in [2.05, 4.69) is 4.98 Å². The molecule has 0 radical (unpaired) electrons. The van der Waals surface area contributed by atoms with Gasteiger partial charge in [0.15, 0.2) is 0 Å². The first-order chi connectivity index (χ1) is 8.11. The first-order valence-corrected chi connectivity index (χ1v) is 5.47. The summed E-state index contributed by atoms with van der Waals surface area (Å²) in [4.78, 5) is 24.0. The summed E-state index contributed by atoms with van der Waals surface area (Å²) in [6, 6.07) is 4.99. The molecule has 2 rings (SSSR count). The molecular formula is C12H10ClNO3. The van der Waals surface area contributed by atoms with Crippen LogP contribution in [0.2, 0.25) is 5.02 Å². The number of halogens is 1. The predicted octanol–water partition coefficient (Wildman–Crippen LogP) is 2.65. The van der Waals surface area contributed by atoms with Gasteiger partial charge in [0.1, 0.15) is 12.0 Å². The molecule has 1 aromatic carbocycles. The highest BCUT2D eigenvalue weighted by molar-refractivity contribution is 6.31. The number of aromatic amines is 1. The number of benzene rings is 1. The fourth-order valence-electron chi connectivity index (χ4n) is 1.81. The molecule has 1 heterocycles. The smallest absolute Gasteiger partial charge is 0.352 e. The van der Waals surface area contributed by atoms with Crippen molar-refractivity contribution >= 4 is 34.8 Å². The molecule has 2 N–H and O–H groups in total. The minimum absolute atomic E-state index is 0.120. The highest BCUT2D eigenvalue weighted by Crippen LogP contribution is 2.25. The van der Waals surface area contributed by atoms with Gasteiger partial charge in [0, 0.05) is 22.3 Å². The second kappa shape index (κ2) is 4.59. The Kier molecular flexibility index (Phi) is 3.15. The number of aromatic carboxylic acids is 1. The molecule has 0 bridgehead atoms. The number of aryl methyl sites for hydroxylation is 1. The minimum Gasteiger partial charge on any atom is -0.477 e. The van der Waals surface area contributed by atoms with Crippen LogP contribution in [0, 0.1) is 0 Å². The molecule has 0 fully saturated rings. The van der Waals surface area contributed by atoms with Crippen molar-refractivity contribution in [3.8, 4) is 0 Å². The first-order valence-electron chi connectivity index (χ1n) is 5.10. The summed E-state index contributed by atoms with van der Waals surface area (Å²) in [5.41, 5.74) is 1.67. The van der Waals surface area contributed by atoms with Crippen LogP contribution in [0.15, 0.2) is 18.2 Å². The quantitative estimate of drug-likeness (QED) is 0.821. The van der Waals surface area contributed by atoms with E-state index in [9.17, 15) is 9.59 Å². The van der Waals surface area contributed by atoms with Crippen molar-refractivity contribution in [2.75, 3.05) is 0 Å². The van der Waals surface area contributed by atoms with E-state index < -0.39 is 5.97 Å². The van der Waals surface area contributed by atoms with E-state index in [1.807, 2.05) is 0 Å². The van der Waals surface area contributed by atoms with Gasteiger partial charge in [0.05, 0.1) is 0 Å². The molecular weight excluding hydrogens is 242 g/mol. The third-order valence-electron chi connectivity index (χ3n) is 2.55. The molecule has 17 heavy (non-hydrogen) atoms. The molecule has 2 aromatic rings. The van der Waals surface area contributed by atoms with Crippen molar-refractivity contribution in [3.63, 3.8) is 0 Å². The summed E-state index contributed by atoms with van der Waals surface area (Å²) in [5, 5.41) is 10.2. The van der Waals surface area contributed by atoms with Gasteiger partial charge in [-0.15, -0.1) is 0 Å². The number of carboxylic acid groups (broad SMARTS) is 1. The first kappa shape index (κ1) is 11.7. The third-order valence-corrected chi connectivity index (χ3v) is 2.77. The largest absolute Gasteiger partial charge is 0.477 e. The number of fused-ring (bicyclic) bond motifs is 1. The average molecular weight is 252 g/mol. The van der Waals surface area contributed by atoms with Crippen LogP contribution in [-0.4, -0.2) is 22.3 Å². The Balaban J connectivity index is 2.56. The molecule has 5 heteroatoms. The zero-order valence-electron chi connectivity index (χ0n) is 8.87. The van der Waals surface area contributed by atoms with E-state index in [1.165, 1.54) is 0 Å². The lowest BCUT2D eigenvalue weighted by Gasteiger charge is -2.01. The highest BCUT2D eigenvalue weighted by Gasteiger charge is 2.11. The topological polar surface area (TPSA) is 70.2 Å². The molecule has 0 aliphatic carbocycles. The maximum absolute atomic E-state index is 10.9. The van der Waals surface area contributed by atoms with E-state index in [1.54, 1.807) is 18.2 Å². The fourth-order valence-corrected chi connectivity index (χ4v) is 2.05. The van der Waals surface area contributed by atoms with Crippen molar-refractivity contribution in [2.45, 2.75) is 12.8 Å². The van der Waals surface area contributed by atoms with Gasteiger partial charge in [-0.3, -0.25) is 0 Å². The van der Waals surface area contributed by atoms with Gasteiger partial charge in [0.25, 0.3) is 0 Å². The van der Waals surface area contributed by atoms with Crippen molar-refractivity contribution in [3.05, 3.63) is 34.5 Å². The number of H-pyrrole nitrogens is 1. The van der Waals surface area contributed by atoms with E-state index in [0.717, 1.165) is 17.2 Å². The number of rotatable bonds is 4. The van der Waals surface area contributed by atoms with Crippen LogP contribution in [0.1, 0.15) is 22.5 Å². The molecule has 0 saturated carbocycles. The van der Waals surface area contributed by atoms with Gasteiger partial charge in [-0.1, -0.05) is 11.6 Å². The molecule has 0 saturated heterocycles. The van der Waals surface area contributed by atoms with Gasteiger partial charge < -0.3 is 14.9 Å². The van der Waals surface area contributed by atoms with Crippen LogP contribution >= 0.6 is 11.6 Å². The number of hydrogen-bond donors (Lipinski definition) is 2. The monoisotopic (exact) mass is 251 g/mol. The molecule has 88 valence electrons. The van der Waals surface area contributed by atoms with Gasteiger partial charge >= 0.3 is 5.97 Å². The standard InChI is InChI=1S/C12H10ClNO3/c13-8-4-7(2-1-3-15)9-6-11(12(16)17)14-10(9)5-8/h3-6,14H,1-2H2,(H,16,17). The summed E-state index contributed by atoms with van der Waals surface area (Å²) in [5.74, 6) is -1.02. The van der Waals surface area contributed by atoms with E-state index >= 15 is 0 Å². The number of aromatic nitrogens is 1. The Morgan fingerprint density at radius 3 is 2.82 bits per heavy atom. The zero-order chi connectivity index (χ0) is 12.4. The third kappa shape index (κ3) is 2.31. The Labute approximate surface area is 102 Å². The van der Waals surface area contributed by atoms with Crippen LogP contribution in [0.5, 0.6) is 0 Å². The number of carbonyl (C=O) groups is 2. The number of aldehydes is 1. The number of carbonyl (C=O) groups excluding carboxylic acids is 1. The molecule has 0 amide bonds. The van der Waals surface area contributed by atoms with Crippen molar-refractivity contribution < 1.29 is 14.7 Å². The Morgan fingerprint density at radius 1 is 1.41 bits per heavy atom. The Bertz CT molecular complexity index is 589. The summed E-state index contributed by atoms with van der Waals surface area (Å²) in [6.45, 7) is 0. The number of hydrogen-bond acceptors (Lipinski definition) is 2. The molecule has 1 aromatic heterocycles. The van der Waals surface area contributed by atoms with Gasteiger partial charge in [-0.05, 0) is 30.2 Å². The van der Waals surface area contributed by atoms with E-state index in [0.29, 0.717) is 23.4 Å². The summed E-state index contributed by atoms with van der Waals surface area (Å²) in [6.07, 6.45) is 1.78. The lowest BCUT2D eigenvalue weighted by atomic mass is 10.1. The SMILES string of the molecule is O=CCCc1cc(Cl)cc2[nH]c(C(=O)O)cc12. The zero-order valence-corrected chi connectivity index (χ0v) is 9.62. The summed E-state index contributed by atoms with van der Waals surface area (Å²) < 4.78 is 0. The Hall–Kier alpha value is -1.81. The molecule has 4 nitrogen and oxygen atoms in total. The van der Waals surface area contributed by atoms with Gasteiger partial charge in [-0.2, -0.15) is 0 Å². The Morgan fingerprint density at radius 2 is 2.18 bits per heavy atom. The van der Waals surface area contributed by atoms with E-state index in [-0.39, 0.29) is 5.69 Å². The molecule has 0 spiro atoms. The number of nitrogens with one attached hydrogen (secondary N) is 1. The predicted molar refractivity (Wildman–Crippen MR) is 64.7 cm³/mol. The minimum atomic E-state index is -1.02. The highest BCUT2D eigenvalue weighted by atomic mass is 35.5. The van der Waals surface area contributed by atoms with Crippen molar-refractivity contribution in [1.29, 1.82) is 0 Å². The lowest BCUT2D eigenvalue weighted by molar-refractivity contribution is -0.107. The number of carboxylic acids is 1. The normalized spacial score (nSPS) is 10.6. The molecule has 0 aliphatic rings. The van der Waals surface area contributed by atoms with Crippen molar-refractivity contribution in [2.24, 2.45) is 0 Å². The van der Waals surface area contributed by atoms with Gasteiger partial charge in [-0.25, -0.2) is 4.79 Å². The fraction of sp³-hybridized carbons (Fsp3) is 0.167. The van der Waals surface area contributed by atoms with Crippen LogP contribution in [-0.2, 0) is 11.2 Å². The maximum atomic E-state index is 10.9. The average Bonchev–Trinajstić information content (AvgIpc) is 2.69. The van der Waals surface area contributed by atoms with Crippen LogP contribution in [0.4, 0.5) is 0 Å². The van der Waals surface area contributed by atoms with Crippen molar-refractivity contribution in [1.82, 2.24) is 4.98 Å². The molecule has 0 aliphatic heterocycles. The molecule has 0 unspecified atom stereocenters. The lowest BCUT2D eigenvalue weighted by Crippen LogP contribution is -1.94. The second-order valence-electron chi connectivity index (χ2n) is 3.72. The summed E-state index contributed by atoms with van der Waals surface area (Å²) >= 11 is 5.94. The van der Waals surface area contributed by atoms with Crippen LogP contribution in [0.3, 0.4) is 0 Å². The van der Waals surface area contributed by atoms with Gasteiger partial charge in [0.2, 0.25) is 0 Å². The maximum Gasteiger partial charge on any atom is 0.352 e. The molecule has 0 atom stereocenters. The van der Waals surface area contributed by atoms with E-state index in [4.69, 9.17) is 16.7 Å². The summed E-state index contributed by atoms with van der Waals surface area (Å²) in [7, 11) is 0. The second-order valence-corrected chi connectivity index (χ2v) is 4.16. The van der Waals surface area contributed by atoms with Crippen LogP contribution < -0.4 is 0 Å². The van der Waals surface area contributed by atoms with Crippen LogP contribution in [0.25, 0.3) is 10.9 Å².